The highest BCUT2D eigenvalue weighted by molar-refractivity contribution is 5.59. The monoisotopic (exact) mass is 341 g/mol. The molecule has 4 rings (SSSR count). The maximum atomic E-state index is 6.27. The zero-order valence-electron chi connectivity index (χ0n) is 15.1. The highest BCUT2D eigenvalue weighted by Gasteiger charge is 2.39. The molecule has 134 valence electrons. The molecular formula is C19H27N5O. The van der Waals surface area contributed by atoms with E-state index in [0.717, 1.165) is 51.0 Å². The quantitative estimate of drug-likeness (QED) is 0.922. The number of nitrogens with two attached hydrogens (primary N) is 1. The third-order valence-corrected chi connectivity index (χ3v) is 5.64. The van der Waals surface area contributed by atoms with Crippen molar-refractivity contribution in [2.75, 3.05) is 31.1 Å². The van der Waals surface area contributed by atoms with E-state index in [1.165, 1.54) is 5.69 Å². The minimum absolute atomic E-state index is 0.377. The predicted molar refractivity (Wildman–Crippen MR) is 98.4 cm³/mol. The first-order valence-corrected chi connectivity index (χ1v) is 9.28. The van der Waals surface area contributed by atoms with Crippen molar-refractivity contribution in [3.63, 3.8) is 0 Å². The normalized spacial score (nSPS) is 20.7. The lowest BCUT2D eigenvalue weighted by Crippen LogP contribution is -2.48. The Bertz CT molecular complexity index is 712. The van der Waals surface area contributed by atoms with E-state index in [1.807, 2.05) is 0 Å². The first kappa shape index (κ1) is 16.5. The van der Waals surface area contributed by atoms with Crippen molar-refractivity contribution in [1.82, 2.24) is 15.0 Å². The van der Waals surface area contributed by atoms with Gasteiger partial charge in [-0.05, 0) is 57.4 Å². The lowest BCUT2D eigenvalue weighted by Gasteiger charge is -2.38. The summed E-state index contributed by atoms with van der Waals surface area (Å²) in [5.74, 6) is 1.20. The van der Waals surface area contributed by atoms with Crippen LogP contribution in [0.2, 0.25) is 0 Å². The Kier molecular flexibility index (Phi) is 4.25. The van der Waals surface area contributed by atoms with Crippen LogP contribution in [0.15, 0.2) is 28.8 Å². The molecule has 1 aliphatic heterocycles. The second kappa shape index (κ2) is 6.42. The van der Waals surface area contributed by atoms with E-state index >= 15 is 0 Å². The molecule has 1 saturated carbocycles. The van der Waals surface area contributed by atoms with Gasteiger partial charge in [0.05, 0.1) is 5.54 Å². The van der Waals surface area contributed by atoms with Crippen molar-refractivity contribution in [1.29, 1.82) is 0 Å². The molecule has 0 amide bonds. The average molecular weight is 341 g/mol. The Morgan fingerprint density at radius 3 is 2.32 bits per heavy atom. The summed E-state index contributed by atoms with van der Waals surface area (Å²) in [5.41, 5.74) is 8.10. The molecule has 2 N–H and O–H groups in total. The molecule has 2 aromatic rings. The molecule has 2 heterocycles. The SMILES string of the molecule is CC(C)N1CCN(c2ccc(-c3nc(C4(N)CCC4)no3)cc2)CC1. The molecule has 1 aromatic heterocycles. The number of hydrogen-bond donors (Lipinski definition) is 1. The van der Waals surface area contributed by atoms with Gasteiger partial charge in [-0.3, -0.25) is 4.90 Å². The number of aromatic nitrogens is 2. The van der Waals surface area contributed by atoms with Gasteiger partial charge in [-0.1, -0.05) is 5.16 Å². The van der Waals surface area contributed by atoms with Gasteiger partial charge < -0.3 is 15.2 Å². The zero-order valence-corrected chi connectivity index (χ0v) is 15.1. The summed E-state index contributed by atoms with van der Waals surface area (Å²) in [5, 5.41) is 4.10. The van der Waals surface area contributed by atoms with Crippen LogP contribution in [-0.4, -0.2) is 47.3 Å². The van der Waals surface area contributed by atoms with Crippen LogP contribution in [0, 0.1) is 0 Å². The average Bonchev–Trinajstić information content (AvgIpc) is 3.10. The van der Waals surface area contributed by atoms with Crippen molar-refractivity contribution < 1.29 is 4.52 Å². The summed E-state index contributed by atoms with van der Waals surface area (Å²) in [6.07, 6.45) is 3.01. The largest absolute Gasteiger partial charge is 0.369 e. The smallest absolute Gasteiger partial charge is 0.257 e. The highest BCUT2D eigenvalue weighted by atomic mass is 16.5. The van der Waals surface area contributed by atoms with E-state index in [9.17, 15) is 0 Å². The number of benzene rings is 1. The second-order valence-electron chi connectivity index (χ2n) is 7.60. The molecule has 1 saturated heterocycles. The fourth-order valence-corrected chi connectivity index (χ4v) is 3.64. The number of rotatable bonds is 4. The lowest BCUT2D eigenvalue weighted by molar-refractivity contribution is 0.209. The van der Waals surface area contributed by atoms with Gasteiger partial charge in [0.25, 0.3) is 5.89 Å². The first-order valence-electron chi connectivity index (χ1n) is 9.28. The van der Waals surface area contributed by atoms with Gasteiger partial charge in [-0.2, -0.15) is 4.98 Å². The Balaban J connectivity index is 1.44. The van der Waals surface area contributed by atoms with Gasteiger partial charge in [0.15, 0.2) is 5.82 Å². The first-order chi connectivity index (χ1) is 12.0. The van der Waals surface area contributed by atoms with Crippen LogP contribution in [0.3, 0.4) is 0 Å². The second-order valence-corrected chi connectivity index (χ2v) is 7.60. The molecule has 1 aliphatic carbocycles. The van der Waals surface area contributed by atoms with Gasteiger partial charge >= 0.3 is 0 Å². The van der Waals surface area contributed by atoms with E-state index in [1.54, 1.807) is 0 Å². The van der Waals surface area contributed by atoms with Crippen molar-refractivity contribution in [3.8, 4) is 11.5 Å². The molecule has 0 spiro atoms. The zero-order chi connectivity index (χ0) is 17.4. The predicted octanol–water partition coefficient (Wildman–Crippen LogP) is 2.60. The van der Waals surface area contributed by atoms with Crippen LogP contribution in [0.5, 0.6) is 0 Å². The molecule has 0 bridgehead atoms. The van der Waals surface area contributed by atoms with Crippen LogP contribution in [0.4, 0.5) is 5.69 Å². The number of hydrogen-bond acceptors (Lipinski definition) is 6. The fourth-order valence-electron chi connectivity index (χ4n) is 3.64. The summed E-state index contributed by atoms with van der Waals surface area (Å²) >= 11 is 0. The Hall–Kier alpha value is -1.92. The summed E-state index contributed by atoms with van der Waals surface area (Å²) < 4.78 is 5.44. The molecule has 2 aliphatic rings. The highest BCUT2D eigenvalue weighted by Crippen LogP contribution is 2.37. The molecule has 0 atom stereocenters. The van der Waals surface area contributed by atoms with Crippen LogP contribution in [0.25, 0.3) is 11.5 Å². The molecule has 2 fully saturated rings. The van der Waals surface area contributed by atoms with E-state index in [4.69, 9.17) is 10.3 Å². The van der Waals surface area contributed by atoms with Crippen LogP contribution in [-0.2, 0) is 5.54 Å². The van der Waals surface area contributed by atoms with Gasteiger partial charge in [0.1, 0.15) is 0 Å². The molecule has 6 nitrogen and oxygen atoms in total. The summed E-state index contributed by atoms with van der Waals surface area (Å²) in [7, 11) is 0. The Morgan fingerprint density at radius 2 is 1.76 bits per heavy atom. The number of anilines is 1. The van der Waals surface area contributed by atoms with Crippen molar-refractivity contribution >= 4 is 5.69 Å². The van der Waals surface area contributed by atoms with Gasteiger partial charge in [-0.15, -0.1) is 0 Å². The summed E-state index contributed by atoms with van der Waals surface area (Å²) in [4.78, 5) is 9.48. The molecule has 1 aromatic carbocycles. The summed E-state index contributed by atoms with van der Waals surface area (Å²) in [6, 6.07) is 9.03. The molecule has 6 heteroatoms. The maximum absolute atomic E-state index is 6.27. The molecular weight excluding hydrogens is 314 g/mol. The van der Waals surface area contributed by atoms with E-state index in [2.05, 4.69) is 58.1 Å². The van der Waals surface area contributed by atoms with Crippen molar-refractivity contribution in [3.05, 3.63) is 30.1 Å². The Morgan fingerprint density at radius 1 is 1.08 bits per heavy atom. The molecule has 0 unspecified atom stereocenters. The minimum atomic E-state index is -0.377. The van der Waals surface area contributed by atoms with E-state index in [-0.39, 0.29) is 5.54 Å². The lowest BCUT2D eigenvalue weighted by atomic mass is 9.77. The fraction of sp³-hybridized carbons (Fsp3) is 0.579. The maximum Gasteiger partial charge on any atom is 0.257 e. The third-order valence-electron chi connectivity index (χ3n) is 5.64. The Labute approximate surface area is 149 Å². The molecule has 25 heavy (non-hydrogen) atoms. The van der Waals surface area contributed by atoms with Crippen LogP contribution >= 0.6 is 0 Å². The van der Waals surface area contributed by atoms with E-state index in [0.29, 0.717) is 17.8 Å². The number of piperazine rings is 1. The summed E-state index contributed by atoms with van der Waals surface area (Å²) in [6.45, 7) is 8.89. The number of nitrogens with zero attached hydrogens (tertiary/aromatic N) is 4. The van der Waals surface area contributed by atoms with Crippen molar-refractivity contribution in [2.24, 2.45) is 5.73 Å². The van der Waals surface area contributed by atoms with Crippen LogP contribution in [0.1, 0.15) is 38.9 Å². The van der Waals surface area contributed by atoms with E-state index < -0.39 is 0 Å². The third kappa shape index (κ3) is 3.16. The minimum Gasteiger partial charge on any atom is -0.369 e. The van der Waals surface area contributed by atoms with Crippen molar-refractivity contribution in [2.45, 2.75) is 44.7 Å². The molecule has 0 radical (unpaired) electrons. The van der Waals surface area contributed by atoms with Gasteiger partial charge in [0.2, 0.25) is 0 Å². The van der Waals surface area contributed by atoms with Crippen LogP contribution < -0.4 is 10.6 Å². The standard InChI is InChI=1S/C19H27N5O/c1-14(2)23-10-12-24(13-11-23)16-6-4-15(5-7-16)17-21-18(22-25-17)19(20)8-3-9-19/h4-7,14H,3,8-13,20H2,1-2H3. The van der Waals surface area contributed by atoms with Gasteiger partial charge in [-0.25, -0.2) is 0 Å². The van der Waals surface area contributed by atoms with Gasteiger partial charge in [0, 0.05) is 43.5 Å². The topological polar surface area (TPSA) is 71.4 Å².